The zero-order valence-corrected chi connectivity index (χ0v) is 11.1. The van der Waals surface area contributed by atoms with Crippen LogP contribution in [0.2, 0.25) is 0 Å². The summed E-state index contributed by atoms with van der Waals surface area (Å²) in [6.07, 6.45) is 1.97. The first kappa shape index (κ1) is 12.9. The Morgan fingerprint density at radius 3 is 2.62 bits per heavy atom. The summed E-state index contributed by atoms with van der Waals surface area (Å²) in [5.41, 5.74) is 0.979. The fourth-order valence-electron chi connectivity index (χ4n) is 1.00. The van der Waals surface area contributed by atoms with Crippen LogP contribution in [0.3, 0.4) is 0 Å². The molecule has 0 aliphatic rings. The summed E-state index contributed by atoms with van der Waals surface area (Å²) < 4.78 is 5.24. The van der Waals surface area contributed by atoms with Crippen LogP contribution in [-0.2, 0) is 4.74 Å². The van der Waals surface area contributed by atoms with Crippen molar-refractivity contribution in [3.05, 3.63) is 22.2 Å². The van der Waals surface area contributed by atoms with Crippen molar-refractivity contribution >= 4 is 22.9 Å². The van der Waals surface area contributed by atoms with Gasteiger partial charge in [0.05, 0.1) is 0 Å². The van der Waals surface area contributed by atoms with Crippen molar-refractivity contribution in [2.24, 2.45) is 0 Å². The zero-order chi connectivity index (χ0) is 12.3. The smallest absolute Gasteiger partial charge is 0.358 e. The molecule has 0 aliphatic carbocycles. The van der Waals surface area contributed by atoms with Gasteiger partial charge in [-0.25, -0.2) is 9.78 Å². The van der Waals surface area contributed by atoms with Crippen molar-refractivity contribution in [3.63, 3.8) is 0 Å². The SMILES string of the molecule is C/C=C(\C)c1nc(C(=O)OC(C)(C)C)cs1. The standard InChI is InChI=1S/C12H17NO2S/c1-6-8(2)10-13-9(7-16-10)11(14)15-12(3,4)5/h6-7H,1-5H3/b8-6+. The molecule has 0 fully saturated rings. The van der Waals surface area contributed by atoms with E-state index >= 15 is 0 Å². The van der Waals surface area contributed by atoms with Crippen LogP contribution in [0.25, 0.3) is 5.57 Å². The molecule has 0 atom stereocenters. The molecule has 0 N–H and O–H groups in total. The molecule has 88 valence electrons. The third kappa shape index (κ3) is 3.45. The van der Waals surface area contributed by atoms with Gasteiger partial charge in [-0.2, -0.15) is 0 Å². The highest BCUT2D eigenvalue weighted by Gasteiger charge is 2.20. The number of esters is 1. The van der Waals surface area contributed by atoms with E-state index in [1.807, 2.05) is 40.7 Å². The van der Waals surface area contributed by atoms with Gasteiger partial charge < -0.3 is 4.74 Å². The molecule has 0 radical (unpaired) electrons. The Kier molecular flexibility index (Phi) is 3.86. The van der Waals surface area contributed by atoms with Gasteiger partial charge in [-0.3, -0.25) is 0 Å². The lowest BCUT2D eigenvalue weighted by molar-refractivity contribution is 0.00637. The quantitative estimate of drug-likeness (QED) is 0.741. The molecule has 0 saturated heterocycles. The van der Waals surface area contributed by atoms with Crippen molar-refractivity contribution in [1.82, 2.24) is 4.98 Å². The highest BCUT2D eigenvalue weighted by atomic mass is 32.1. The van der Waals surface area contributed by atoms with Crippen LogP contribution in [0.5, 0.6) is 0 Å². The Bertz CT molecular complexity index is 413. The lowest BCUT2D eigenvalue weighted by Crippen LogP contribution is -2.24. The van der Waals surface area contributed by atoms with Gasteiger partial charge in [0.1, 0.15) is 10.6 Å². The van der Waals surface area contributed by atoms with Gasteiger partial charge in [0.2, 0.25) is 0 Å². The molecule has 0 aromatic carbocycles. The molecule has 1 aromatic rings. The number of carbonyl (C=O) groups is 1. The zero-order valence-electron chi connectivity index (χ0n) is 10.3. The summed E-state index contributed by atoms with van der Waals surface area (Å²) in [5.74, 6) is -0.362. The van der Waals surface area contributed by atoms with E-state index in [2.05, 4.69) is 4.98 Å². The van der Waals surface area contributed by atoms with Crippen molar-refractivity contribution in [2.75, 3.05) is 0 Å². The first-order chi connectivity index (χ1) is 7.33. The van der Waals surface area contributed by atoms with E-state index in [0.717, 1.165) is 10.6 Å². The van der Waals surface area contributed by atoms with Crippen LogP contribution in [-0.4, -0.2) is 16.6 Å². The number of rotatable bonds is 2. The van der Waals surface area contributed by atoms with Gasteiger partial charge in [0.25, 0.3) is 0 Å². The van der Waals surface area contributed by atoms with E-state index < -0.39 is 5.60 Å². The minimum absolute atomic E-state index is 0.362. The first-order valence-corrected chi connectivity index (χ1v) is 6.03. The monoisotopic (exact) mass is 239 g/mol. The second-order valence-electron chi connectivity index (χ2n) is 4.51. The van der Waals surface area contributed by atoms with E-state index in [4.69, 9.17) is 4.74 Å². The molecule has 0 spiro atoms. The molecule has 0 amide bonds. The van der Waals surface area contributed by atoms with Gasteiger partial charge >= 0.3 is 5.97 Å². The first-order valence-electron chi connectivity index (χ1n) is 5.15. The number of thiazole rings is 1. The minimum atomic E-state index is -0.476. The van der Waals surface area contributed by atoms with Crippen molar-refractivity contribution in [2.45, 2.75) is 40.2 Å². The fraction of sp³-hybridized carbons (Fsp3) is 0.500. The lowest BCUT2D eigenvalue weighted by Gasteiger charge is -2.18. The van der Waals surface area contributed by atoms with Gasteiger partial charge in [0.15, 0.2) is 5.69 Å². The van der Waals surface area contributed by atoms with Crippen molar-refractivity contribution in [3.8, 4) is 0 Å². The number of allylic oxidation sites excluding steroid dienone is 2. The van der Waals surface area contributed by atoms with Crippen LogP contribution in [0, 0.1) is 0 Å². The second-order valence-corrected chi connectivity index (χ2v) is 5.37. The summed E-state index contributed by atoms with van der Waals surface area (Å²) >= 11 is 1.46. The number of hydrogen-bond donors (Lipinski definition) is 0. The maximum absolute atomic E-state index is 11.7. The van der Waals surface area contributed by atoms with E-state index in [1.165, 1.54) is 11.3 Å². The molecule has 4 heteroatoms. The number of nitrogens with zero attached hydrogens (tertiary/aromatic N) is 1. The summed E-state index contributed by atoms with van der Waals surface area (Å²) in [6, 6.07) is 0. The maximum atomic E-state index is 11.7. The van der Waals surface area contributed by atoms with Gasteiger partial charge in [-0.05, 0) is 40.2 Å². The maximum Gasteiger partial charge on any atom is 0.358 e. The normalized spacial score (nSPS) is 12.7. The Balaban J connectivity index is 2.83. The average Bonchev–Trinajstić information content (AvgIpc) is 2.62. The van der Waals surface area contributed by atoms with Crippen molar-refractivity contribution < 1.29 is 9.53 Å². The molecular formula is C12H17NO2S. The third-order valence-corrected chi connectivity index (χ3v) is 2.86. The predicted molar refractivity (Wildman–Crippen MR) is 66.6 cm³/mol. The van der Waals surface area contributed by atoms with Gasteiger partial charge in [-0.15, -0.1) is 11.3 Å². The van der Waals surface area contributed by atoms with Crippen LogP contribution in [0.15, 0.2) is 11.5 Å². The molecule has 16 heavy (non-hydrogen) atoms. The molecule has 3 nitrogen and oxygen atoms in total. The Morgan fingerprint density at radius 1 is 1.50 bits per heavy atom. The molecule has 1 rings (SSSR count). The average molecular weight is 239 g/mol. The number of aromatic nitrogens is 1. The molecule has 1 heterocycles. The number of carbonyl (C=O) groups excluding carboxylic acids is 1. The summed E-state index contributed by atoms with van der Waals surface area (Å²) in [5, 5.41) is 2.60. The number of ether oxygens (including phenoxy) is 1. The molecule has 0 saturated carbocycles. The molecule has 1 aromatic heterocycles. The van der Waals surface area contributed by atoms with Crippen LogP contribution in [0.1, 0.15) is 50.1 Å². The van der Waals surface area contributed by atoms with Gasteiger partial charge in [-0.1, -0.05) is 6.08 Å². The fourth-order valence-corrected chi connectivity index (χ4v) is 1.83. The molecular weight excluding hydrogens is 222 g/mol. The molecule has 0 unspecified atom stereocenters. The topological polar surface area (TPSA) is 39.2 Å². The van der Waals surface area contributed by atoms with E-state index in [1.54, 1.807) is 5.38 Å². The summed E-state index contributed by atoms with van der Waals surface area (Å²) in [7, 11) is 0. The predicted octanol–water partition coefficient (Wildman–Crippen LogP) is 3.52. The Morgan fingerprint density at radius 2 is 2.12 bits per heavy atom. The highest BCUT2D eigenvalue weighted by Crippen LogP contribution is 2.20. The van der Waals surface area contributed by atoms with Gasteiger partial charge in [0, 0.05) is 5.38 Å². The third-order valence-electron chi connectivity index (χ3n) is 1.88. The van der Waals surface area contributed by atoms with Crippen LogP contribution in [0.4, 0.5) is 0 Å². The Hall–Kier alpha value is -1.16. The minimum Gasteiger partial charge on any atom is -0.455 e. The molecule has 0 bridgehead atoms. The molecule has 0 aliphatic heterocycles. The summed E-state index contributed by atoms with van der Waals surface area (Å²) in [4.78, 5) is 15.9. The lowest BCUT2D eigenvalue weighted by atomic mass is 10.2. The summed E-state index contributed by atoms with van der Waals surface area (Å²) in [6.45, 7) is 9.45. The Labute approximate surface area is 100 Å². The van der Waals surface area contributed by atoms with E-state index in [-0.39, 0.29) is 5.97 Å². The van der Waals surface area contributed by atoms with E-state index in [9.17, 15) is 4.79 Å². The second kappa shape index (κ2) is 4.78. The number of hydrogen-bond acceptors (Lipinski definition) is 4. The largest absolute Gasteiger partial charge is 0.455 e. The highest BCUT2D eigenvalue weighted by molar-refractivity contribution is 7.11. The van der Waals surface area contributed by atoms with E-state index in [0.29, 0.717) is 5.69 Å². The van der Waals surface area contributed by atoms with Crippen LogP contribution < -0.4 is 0 Å². The van der Waals surface area contributed by atoms with Crippen molar-refractivity contribution in [1.29, 1.82) is 0 Å². The van der Waals surface area contributed by atoms with Crippen LogP contribution >= 0.6 is 11.3 Å².